The fourth-order valence-corrected chi connectivity index (χ4v) is 5.68. The van der Waals surface area contributed by atoms with E-state index in [4.69, 9.17) is 0 Å². The second-order valence-electron chi connectivity index (χ2n) is 9.38. The van der Waals surface area contributed by atoms with Gasteiger partial charge in [-0.3, -0.25) is 9.59 Å². The molecule has 6 nitrogen and oxygen atoms in total. The summed E-state index contributed by atoms with van der Waals surface area (Å²) in [6.07, 6.45) is 9.49. The Kier molecular flexibility index (Phi) is 6.10. The summed E-state index contributed by atoms with van der Waals surface area (Å²) in [7, 11) is 0. The monoisotopic (exact) mass is 432 g/mol. The number of rotatable bonds is 5. The number of carbonyl (C=O) groups excluding carboxylic acids is 2. The third-order valence-electron chi connectivity index (χ3n) is 7.35. The summed E-state index contributed by atoms with van der Waals surface area (Å²) in [5.41, 5.74) is 1.65. The van der Waals surface area contributed by atoms with E-state index in [1.54, 1.807) is 0 Å². The summed E-state index contributed by atoms with van der Waals surface area (Å²) in [5.74, 6) is 1.37. The minimum atomic E-state index is -0.396. The van der Waals surface area contributed by atoms with Crippen LogP contribution in [0.5, 0.6) is 0 Å². The Morgan fingerprint density at radius 2 is 1.75 bits per heavy atom. The molecule has 6 heteroatoms. The normalized spacial score (nSPS) is 24.9. The van der Waals surface area contributed by atoms with Crippen molar-refractivity contribution >= 4 is 17.6 Å². The van der Waals surface area contributed by atoms with Crippen molar-refractivity contribution in [3.63, 3.8) is 0 Å². The molecule has 1 N–H and O–H groups in total. The van der Waals surface area contributed by atoms with Gasteiger partial charge in [-0.05, 0) is 61.8 Å². The molecule has 3 aliphatic rings. The summed E-state index contributed by atoms with van der Waals surface area (Å²) in [4.78, 5) is 35.4. The molecule has 2 aliphatic heterocycles. The average Bonchev–Trinajstić information content (AvgIpc) is 3.51. The molecule has 168 valence electrons. The largest absolute Gasteiger partial charge is 0.357 e. The van der Waals surface area contributed by atoms with E-state index in [1.807, 2.05) is 53.6 Å². The van der Waals surface area contributed by atoms with Gasteiger partial charge in [0.1, 0.15) is 11.9 Å². The Balaban J connectivity index is 1.27. The highest BCUT2D eigenvalue weighted by Crippen LogP contribution is 2.40. The molecule has 2 amide bonds. The van der Waals surface area contributed by atoms with Gasteiger partial charge in [0.2, 0.25) is 5.91 Å². The first-order chi connectivity index (χ1) is 15.7. The lowest BCUT2D eigenvalue weighted by atomic mass is 9.84. The lowest BCUT2D eigenvalue weighted by Crippen LogP contribution is -2.49. The molecule has 32 heavy (non-hydrogen) atoms. The van der Waals surface area contributed by atoms with Crippen LogP contribution in [0, 0.1) is 5.92 Å². The van der Waals surface area contributed by atoms with Crippen molar-refractivity contribution in [2.24, 2.45) is 5.92 Å². The van der Waals surface area contributed by atoms with Gasteiger partial charge in [-0.2, -0.15) is 0 Å². The van der Waals surface area contributed by atoms with Crippen molar-refractivity contribution in [3.8, 4) is 0 Å². The van der Waals surface area contributed by atoms with Crippen molar-refractivity contribution in [1.29, 1.82) is 0 Å². The van der Waals surface area contributed by atoms with Gasteiger partial charge in [-0.25, -0.2) is 4.98 Å². The van der Waals surface area contributed by atoms with Gasteiger partial charge in [0.15, 0.2) is 0 Å². The number of nitrogens with zero attached hydrogens (tertiary/aromatic N) is 3. The molecular weight excluding hydrogens is 400 g/mol. The van der Waals surface area contributed by atoms with Crippen LogP contribution in [-0.2, 0) is 11.3 Å². The van der Waals surface area contributed by atoms with Crippen LogP contribution in [-0.4, -0.2) is 46.9 Å². The highest BCUT2D eigenvalue weighted by atomic mass is 16.2. The second kappa shape index (κ2) is 9.31. The van der Waals surface area contributed by atoms with Gasteiger partial charge in [0.25, 0.3) is 5.91 Å². The van der Waals surface area contributed by atoms with Crippen molar-refractivity contribution in [2.75, 3.05) is 18.0 Å². The number of nitrogens with one attached hydrogen (secondary N) is 1. The Morgan fingerprint density at radius 3 is 2.50 bits per heavy atom. The molecule has 0 radical (unpaired) electrons. The van der Waals surface area contributed by atoms with Crippen molar-refractivity contribution in [3.05, 3.63) is 59.8 Å². The lowest BCUT2D eigenvalue weighted by Gasteiger charge is -2.33. The molecule has 1 aromatic carbocycles. The van der Waals surface area contributed by atoms with E-state index in [-0.39, 0.29) is 17.9 Å². The van der Waals surface area contributed by atoms with Crippen molar-refractivity contribution in [1.82, 2.24) is 15.2 Å². The third-order valence-corrected chi connectivity index (χ3v) is 7.35. The molecule has 1 aliphatic carbocycles. The maximum atomic E-state index is 13.4. The van der Waals surface area contributed by atoms with Gasteiger partial charge in [-0.15, -0.1) is 0 Å². The molecular formula is C26H32N4O2. The van der Waals surface area contributed by atoms with Gasteiger partial charge in [0.05, 0.1) is 0 Å². The number of likely N-dealkylation sites (tertiary alicyclic amines) is 1. The zero-order valence-corrected chi connectivity index (χ0v) is 18.6. The van der Waals surface area contributed by atoms with E-state index < -0.39 is 6.04 Å². The highest BCUT2D eigenvalue weighted by Gasteiger charge is 2.47. The summed E-state index contributed by atoms with van der Waals surface area (Å²) in [6, 6.07) is 13.2. The van der Waals surface area contributed by atoms with Crippen LogP contribution in [0.3, 0.4) is 0 Å². The van der Waals surface area contributed by atoms with E-state index in [0.717, 1.165) is 50.2 Å². The van der Waals surface area contributed by atoms with Gasteiger partial charge < -0.3 is 15.1 Å². The van der Waals surface area contributed by atoms with Crippen molar-refractivity contribution in [2.45, 2.75) is 63.6 Å². The minimum Gasteiger partial charge on any atom is -0.357 e. The van der Waals surface area contributed by atoms with Crippen LogP contribution in [0.4, 0.5) is 5.82 Å². The number of pyridine rings is 1. The smallest absolute Gasteiger partial charge is 0.254 e. The maximum Gasteiger partial charge on any atom is 0.254 e. The minimum absolute atomic E-state index is 0.0169. The molecule has 3 atom stereocenters. The fraction of sp³-hybridized carbons (Fsp3) is 0.500. The SMILES string of the molecule is O=C(NCc1ccc(N2CCCC2)nc1)C1CC2CCCCC2N1C(=O)c1ccccc1. The van der Waals surface area contributed by atoms with E-state index in [2.05, 4.69) is 15.2 Å². The standard InChI is InChI=1S/C26H32N4O2/c31-25(28-18-19-12-13-24(27-17-19)29-14-6-7-15-29)23-16-21-10-4-5-11-22(21)30(23)26(32)20-8-2-1-3-9-20/h1-3,8-9,12-13,17,21-23H,4-7,10-11,14-16,18H2,(H,28,31). The van der Waals surface area contributed by atoms with Gasteiger partial charge in [0, 0.05) is 37.4 Å². The molecule has 1 aromatic heterocycles. The van der Waals surface area contributed by atoms with E-state index in [1.165, 1.54) is 19.3 Å². The van der Waals surface area contributed by atoms with E-state index in [9.17, 15) is 9.59 Å². The Hall–Kier alpha value is -2.89. The zero-order chi connectivity index (χ0) is 21.9. The van der Waals surface area contributed by atoms with Crippen molar-refractivity contribution < 1.29 is 9.59 Å². The molecule has 3 heterocycles. The van der Waals surface area contributed by atoms with Crippen LogP contribution in [0.2, 0.25) is 0 Å². The number of benzene rings is 1. The van der Waals surface area contributed by atoms with Crippen LogP contribution in [0.15, 0.2) is 48.7 Å². The first-order valence-corrected chi connectivity index (χ1v) is 12.1. The Morgan fingerprint density at radius 1 is 0.969 bits per heavy atom. The number of carbonyl (C=O) groups is 2. The molecule has 5 rings (SSSR count). The lowest BCUT2D eigenvalue weighted by molar-refractivity contribution is -0.125. The highest BCUT2D eigenvalue weighted by molar-refractivity contribution is 5.98. The zero-order valence-electron chi connectivity index (χ0n) is 18.6. The Labute approximate surface area is 190 Å². The first-order valence-electron chi connectivity index (χ1n) is 12.1. The van der Waals surface area contributed by atoms with Gasteiger partial charge in [-0.1, -0.05) is 37.1 Å². The molecule has 0 spiro atoms. The number of hydrogen-bond acceptors (Lipinski definition) is 4. The summed E-state index contributed by atoms with van der Waals surface area (Å²) in [6.45, 7) is 2.57. The van der Waals surface area contributed by atoms with Crippen LogP contribution in [0.1, 0.15) is 60.9 Å². The molecule has 3 unspecified atom stereocenters. The summed E-state index contributed by atoms with van der Waals surface area (Å²) < 4.78 is 0. The quantitative estimate of drug-likeness (QED) is 0.781. The van der Waals surface area contributed by atoms with E-state index >= 15 is 0 Å². The average molecular weight is 433 g/mol. The number of hydrogen-bond donors (Lipinski definition) is 1. The Bertz CT molecular complexity index is 940. The molecule has 2 aromatic rings. The maximum absolute atomic E-state index is 13.4. The number of amides is 2. The van der Waals surface area contributed by atoms with E-state index in [0.29, 0.717) is 18.0 Å². The number of fused-ring (bicyclic) bond motifs is 1. The van der Waals surface area contributed by atoms with Crippen LogP contribution < -0.4 is 10.2 Å². The molecule has 0 bridgehead atoms. The van der Waals surface area contributed by atoms with Crippen LogP contribution >= 0.6 is 0 Å². The fourth-order valence-electron chi connectivity index (χ4n) is 5.68. The predicted octanol–water partition coefficient (Wildman–Crippen LogP) is 3.77. The number of aromatic nitrogens is 1. The first kappa shape index (κ1) is 21.0. The summed E-state index contributed by atoms with van der Waals surface area (Å²) in [5, 5.41) is 3.09. The van der Waals surface area contributed by atoms with Gasteiger partial charge >= 0.3 is 0 Å². The molecule has 3 fully saturated rings. The predicted molar refractivity (Wildman–Crippen MR) is 124 cm³/mol. The molecule has 1 saturated carbocycles. The second-order valence-corrected chi connectivity index (χ2v) is 9.38. The topological polar surface area (TPSA) is 65.5 Å². The number of anilines is 1. The molecule has 2 saturated heterocycles. The third kappa shape index (κ3) is 4.23. The van der Waals surface area contributed by atoms with Crippen LogP contribution in [0.25, 0.3) is 0 Å². The summed E-state index contributed by atoms with van der Waals surface area (Å²) >= 11 is 0.